The Bertz CT molecular complexity index is 479. The molecule has 1 aliphatic heterocycles. The fraction of sp³-hybridized carbons (Fsp3) is 0.533. The molecular formula is C15H20BrClN2O2. The van der Waals surface area contributed by atoms with Crippen LogP contribution in [-0.4, -0.2) is 43.7 Å². The number of ether oxygens (including phenoxy) is 1. The zero-order chi connectivity index (χ0) is 15.1. The van der Waals surface area contributed by atoms with Gasteiger partial charge in [-0.05, 0) is 53.5 Å². The van der Waals surface area contributed by atoms with E-state index in [2.05, 4.69) is 26.1 Å². The number of hydrogen-bond donors (Lipinski definition) is 1. The van der Waals surface area contributed by atoms with Gasteiger partial charge in [0.2, 0.25) is 5.91 Å². The lowest BCUT2D eigenvalue weighted by molar-refractivity contribution is -0.116. The van der Waals surface area contributed by atoms with Crippen molar-refractivity contribution in [3.63, 3.8) is 0 Å². The summed E-state index contributed by atoms with van der Waals surface area (Å²) in [5.41, 5.74) is 0.768. The van der Waals surface area contributed by atoms with Gasteiger partial charge in [-0.2, -0.15) is 0 Å². The van der Waals surface area contributed by atoms with Crippen molar-refractivity contribution in [3.8, 4) is 0 Å². The third-order valence-electron chi connectivity index (χ3n) is 3.44. The average Bonchev–Trinajstić information content (AvgIpc) is 2.49. The zero-order valence-electron chi connectivity index (χ0n) is 11.9. The van der Waals surface area contributed by atoms with E-state index in [-0.39, 0.29) is 5.91 Å². The second-order valence-corrected chi connectivity index (χ2v) is 6.35. The Balaban J connectivity index is 1.63. The van der Waals surface area contributed by atoms with Gasteiger partial charge in [-0.1, -0.05) is 11.6 Å². The fourth-order valence-electron chi connectivity index (χ4n) is 2.24. The predicted octanol–water partition coefficient (Wildman–Crippen LogP) is 3.54. The topological polar surface area (TPSA) is 41.6 Å². The highest BCUT2D eigenvalue weighted by molar-refractivity contribution is 9.10. The molecule has 0 saturated carbocycles. The summed E-state index contributed by atoms with van der Waals surface area (Å²) < 4.78 is 6.10. The van der Waals surface area contributed by atoms with E-state index >= 15 is 0 Å². The van der Waals surface area contributed by atoms with Crippen molar-refractivity contribution in [2.45, 2.75) is 19.3 Å². The maximum absolute atomic E-state index is 11.9. The first-order valence-electron chi connectivity index (χ1n) is 7.20. The van der Waals surface area contributed by atoms with Gasteiger partial charge in [0.25, 0.3) is 0 Å². The molecule has 4 nitrogen and oxygen atoms in total. The molecule has 1 amide bonds. The van der Waals surface area contributed by atoms with E-state index in [4.69, 9.17) is 16.3 Å². The zero-order valence-corrected chi connectivity index (χ0v) is 14.3. The molecule has 116 valence electrons. The van der Waals surface area contributed by atoms with E-state index in [1.165, 1.54) is 0 Å². The Kier molecular flexibility index (Phi) is 6.96. The number of halogens is 2. The van der Waals surface area contributed by atoms with Gasteiger partial charge >= 0.3 is 0 Å². The average molecular weight is 376 g/mol. The van der Waals surface area contributed by atoms with Crippen molar-refractivity contribution in [1.82, 2.24) is 4.90 Å². The van der Waals surface area contributed by atoms with Gasteiger partial charge in [-0.15, -0.1) is 0 Å². The minimum Gasteiger partial charge on any atom is -0.379 e. The molecule has 21 heavy (non-hydrogen) atoms. The molecule has 0 unspecified atom stereocenters. The van der Waals surface area contributed by atoms with Crippen LogP contribution in [-0.2, 0) is 9.53 Å². The van der Waals surface area contributed by atoms with Gasteiger partial charge in [0, 0.05) is 29.7 Å². The molecule has 0 bridgehead atoms. The van der Waals surface area contributed by atoms with Crippen LogP contribution in [0.15, 0.2) is 22.7 Å². The largest absolute Gasteiger partial charge is 0.379 e. The van der Waals surface area contributed by atoms with E-state index in [0.29, 0.717) is 11.4 Å². The SMILES string of the molecule is O=C(CCCCN1CCOCC1)Nc1ccc(Cl)c(Br)c1. The summed E-state index contributed by atoms with van der Waals surface area (Å²) in [6.45, 7) is 4.71. The van der Waals surface area contributed by atoms with Crippen LogP contribution in [0.2, 0.25) is 5.02 Å². The molecule has 0 atom stereocenters. The Morgan fingerprint density at radius 1 is 1.33 bits per heavy atom. The summed E-state index contributed by atoms with van der Waals surface area (Å²) in [5.74, 6) is 0.0474. The maximum Gasteiger partial charge on any atom is 0.224 e. The van der Waals surface area contributed by atoms with Gasteiger partial charge in [-0.3, -0.25) is 9.69 Å². The van der Waals surface area contributed by atoms with Crippen LogP contribution in [0.1, 0.15) is 19.3 Å². The first-order valence-corrected chi connectivity index (χ1v) is 8.37. The summed E-state index contributed by atoms with van der Waals surface area (Å²) in [6.07, 6.45) is 2.49. The summed E-state index contributed by atoms with van der Waals surface area (Å²) in [5, 5.41) is 3.52. The number of amides is 1. The van der Waals surface area contributed by atoms with Crippen LogP contribution in [0.5, 0.6) is 0 Å². The molecule has 1 N–H and O–H groups in total. The molecule has 0 aliphatic carbocycles. The molecule has 1 fully saturated rings. The van der Waals surface area contributed by atoms with Crippen LogP contribution in [0.25, 0.3) is 0 Å². The minimum absolute atomic E-state index is 0.0474. The van der Waals surface area contributed by atoms with Gasteiger partial charge in [0.05, 0.1) is 18.2 Å². The van der Waals surface area contributed by atoms with E-state index < -0.39 is 0 Å². The highest BCUT2D eigenvalue weighted by Gasteiger charge is 2.10. The number of hydrogen-bond acceptors (Lipinski definition) is 3. The number of rotatable bonds is 6. The highest BCUT2D eigenvalue weighted by atomic mass is 79.9. The molecule has 1 saturated heterocycles. The second kappa shape index (κ2) is 8.73. The maximum atomic E-state index is 11.9. The molecular weight excluding hydrogens is 356 g/mol. The summed E-state index contributed by atoms with van der Waals surface area (Å²) in [7, 11) is 0. The lowest BCUT2D eigenvalue weighted by Crippen LogP contribution is -2.36. The summed E-state index contributed by atoms with van der Waals surface area (Å²) in [4.78, 5) is 14.3. The third kappa shape index (κ3) is 5.94. The van der Waals surface area contributed by atoms with Crippen LogP contribution >= 0.6 is 27.5 Å². The third-order valence-corrected chi connectivity index (χ3v) is 4.65. The van der Waals surface area contributed by atoms with Crippen molar-refractivity contribution < 1.29 is 9.53 Å². The van der Waals surface area contributed by atoms with Crippen LogP contribution in [0, 0.1) is 0 Å². The van der Waals surface area contributed by atoms with E-state index in [0.717, 1.165) is 55.8 Å². The second-order valence-electron chi connectivity index (χ2n) is 5.09. The Morgan fingerprint density at radius 2 is 2.10 bits per heavy atom. The van der Waals surface area contributed by atoms with Gasteiger partial charge < -0.3 is 10.1 Å². The minimum atomic E-state index is 0.0474. The highest BCUT2D eigenvalue weighted by Crippen LogP contribution is 2.25. The number of carbonyl (C=O) groups excluding carboxylic acids is 1. The Hall–Kier alpha value is -0.620. The monoisotopic (exact) mass is 374 g/mol. The fourth-order valence-corrected chi connectivity index (χ4v) is 2.74. The van der Waals surface area contributed by atoms with Gasteiger partial charge in [0.15, 0.2) is 0 Å². The number of unbranched alkanes of at least 4 members (excludes halogenated alkanes) is 1. The number of benzene rings is 1. The van der Waals surface area contributed by atoms with Crippen molar-refractivity contribution in [3.05, 3.63) is 27.7 Å². The number of nitrogens with one attached hydrogen (secondary N) is 1. The van der Waals surface area contributed by atoms with Gasteiger partial charge in [0.1, 0.15) is 0 Å². The first-order chi connectivity index (χ1) is 10.1. The standard InChI is InChI=1S/C15H20BrClN2O2/c16-13-11-12(4-5-14(13)17)18-15(20)3-1-2-6-19-7-9-21-10-8-19/h4-5,11H,1-3,6-10H2,(H,18,20). The van der Waals surface area contributed by atoms with Crippen LogP contribution < -0.4 is 5.32 Å². The molecule has 0 spiro atoms. The molecule has 1 aromatic carbocycles. The number of morpholine rings is 1. The normalized spacial score (nSPS) is 15.9. The number of anilines is 1. The molecule has 0 radical (unpaired) electrons. The Morgan fingerprint density at radius 3 is 2.81 bits per heavy atom. The lowest BCUT2D eigenvalue weighted by atomic mass is 10.2. The first kappa shape index (κ1) is 16.7. The predicted molar refractivity (Wildman–Crippen MR) is 88.9 cm³/mol. The molecule has 1 aliphatic rings. The van der Waals surface area contributed by atoms with Gasteiger partial charge in [-0.25, -0.2) is 0 Å². The van der Waals surface area contributed by atoms with E-state index in [1.807, 2.05) is 6.07 Å². The van der Waals surface area contributed by atoms with Crippen molar-refractivity contribution in [1.29, 1.82) is 0 Å². The van der Waals surface area contributed by atoms with Crippen LogP contribution in [0.4, 0.5) is 5.69 Å². The summed E-state index contributed by atoms with van der Waals surface area (Å²) >= 11 is 9.27. The number of nitrogens with zero attached hydrogens (tertiary/aromatic N) is 1. The van der Waals surface area contributed by atoms with Crippen molar-refractivity contribution in [2.24, 2.45) is 0 Å². The van der Waals surface area contributed by atoms with Crippen molar-refractivity contribution in [2.75, 3.05) is 38.2 Å². The Labute approximate surface area is 138 Å². The lowest BCUT2D eigenvalue weighted by Gasteiger charge is -2.26. The molecule has 6 heteroatoms. The molecule has 1 aromatic rings. The van der Waals surface area contributed by atoms with Crippen molar-refractivity contribution >= 4 is 39.1 Å². The van der Waals surface area contributed by atoms with E-state index in [1.54, 1.807) is 12.1 Å². The molecule has 2 rings (SSSR count). The molecule has 0 aromatic heterocycles. The summed E-state index contributed by atoms with van der Waals surface area (Å²) in [6, 6.07) is 5.38. The number of carbonyl (C=O) groups is 1. The van der Waals surface area contributed by atoms with Crippen LogP contribution in [0.3, 0.4) is 0 Å². The van der Waals surface area contributed by atoms with E-state index in [9.17, 15) is 4.79 Å². The smallest absolute Gasteiger partial charge is 0.224 e. The molecule has 1 heterocycles. The quantitative estimate of drug-likeness (QED) is 0.773.